The van der Waals surface area contributed by atoms with Gasteiger partial charge in [0.05, 0.1) is 6.21 Å². The molecule has 1 atom stereocenters. The first kappa shape index (κ1) is 4.77. The maximum Gasteiger partial charge on any atom is 0.244 e. The number of carbonyl (C=O) groups is 1. The van der Waals surface area contributed by atoms with Crippen LogP contribution in [0.5, 0.6) is 0 Å². The number of nitrogens with zero attached hydrogens (tertiary/aromatic N) is 1. The molecule has 0 aromatic rings. The van der Waals surface area contributed by atoms with Crippen LogP contribution in [0.1, 0.15) is 0 Å². The van der Waals surface area contributed by atoms with E-state index in [9.17, 15) is 9.18 Å². The molecule has 1 heterocycles. The van der Waals surface area contributed by atoms with Crippen molar-refractivity contribution in [3.8, 4) is 0 Å². The van der Waals surface area contributed by atoms with E-state index in [1.54, 1.807) is 0 Å². The smallest absolute Gasteiger partial charge is 0.244 e. The molecule has 0 aliphatic carbocycles. The van der Waals surface area contributed by atoms with Crippen LogP contribution in [-0.4, -0.2) is 17.0 Å². The van der Waals surface area contributed by atoms with Crippen LogP contribution in [0.3, 0.4) is 0 Å². The predicted octanol–water partition coefficient (Wildman–Crippen LogP) is 0.584. The van der Waals surface area contributed by atoms with Crippen LogP contribution in [0.15, 0.2) is 4.99 Å². The lowest BCUT2D eigenvalue weighted by atomic mass is 10.8. The summed E-state index contributed by atoms with van der Waals surface area (Å²) >= 11 is 0.593. The topological polar surface area (TPSA) is 29.4 Å². The molecule has 38 valence electrons. The molecule has 0 spiro atoms. The van der Waals surface area contributed by atoms with Crippen molar-refractivity contribution >= 4 is 23.1 Å². The molecule has 0 aromatic carbocycles. The predicted molar refractivity (Wildman–Crippen MR) is 26.0 cm³/mol. The number of carbonyl (C=O) groups excluding carboxylic acids is 1. The molecule has 0 bridgehead atoms. The van der Waals surface area contributed by atoms with Gasteiger partial charge in [-0.3, -0.25) is 4.79 Å². The van der Waals surface area contributed by atoms with E-state index in [-0.39, 0.29) is 5.12 Å². The third kappa shape index (κ3) is 0.991. The van der Waals surface area contributed by atoms with Gasteiger partial charge >= 0.3 is 0 Å². The van der Waals surface area contributed by atoms with Gasteiger partial charge in [-0.2, -0.15) is 0 Å². The average molecular weight is 119 g/mol. The van der Waals surface area contributed by atoms with Crippen LogP contribution >= 0.6 is 11.8 Å². The van der Waals surface area contributed by atoms with Gasteiger partial charge in [0.25, 0.3) is 0 Å². The largest absolute Gasteiger partial charge is 0.280 e. The van der Waals surface area contributed by atoms with E-state index in [0.29, 0.717) is 11.8 Å². The Kier molecular flexibility index (Phi) is 1.10. The van der Waals surface area contributed by atoms with Crippen molar-refractivity contribution in [1.29, 1.82) is 0 Å². The lowest BCUT2D eigenvalue weighted by Gasteiger charge is -1.82. The van der Waals surface area contributed by atoms with Crippen molar-refractivity contribution < 1.29 is 9.18 Å². The Morgan fingerprint density at radius 2 is 2.71 bits per heavy atom. The monoisotopic (exact) mass is 119 g/mol. The summed E-state index contributed by atoms with van der Waals surface area (Å²) in [5.74, 6) is 0. The van der Waals surface area contributed by atoms with Crippen molar-refractivity contribution in [3.05, 3.63) is 0 Å². The van der Waals surface area contributed by atoms with Crippen LogP contribution in [0.25, 0.3) is 0 Å². The fourth-order valence-electron chi connectivity index (χ4n) is 0.276. The van der Waals surface area contributed by atoms with Gasteiger partial charge in [0.2, 0.25) is 10.7 Å². The van der Waals surface area contributed by atoms with Gasteiger partial charge in [-0.25, -0.2) is 9.38 Å². The molecule has 1 aliphatic rings. The highest BCUT2D eigenvalue weighted by Crippen LogP contribution is 2.18. The Bertz CT molecular complexity index is 124. The van der Waals surface area contributed by atoms with Crippen molar-refractivity contribution in [2.75, 3.05) is 0 Å². The molecule has 0 saturated heterocycles. The van der Waals surface area contributed by atoms with Gasteiger partial charge in [-0.1, -0.05) is 0 Å². The molecule has 0 N–H and O–H groups in total. The van der Waals surface area contributed by atoms with Gasteiger partial charge in [0.15, 0.2) is 0 Å². The second-order valence-electron chi connectivity index (χ2n) is 1.01. The highest BCUT2D eigenvalue weighted by atomic mass is 32.2. The molecule has 1 aliphatic heterocycles. The van der Waals surface area contributed by atoms with Crippen LogP contribution in [0, 0.1) is 0 Å². The lowest BCUT2D eigenvalue weighted by Crippen LogP contribution is -1.83. The molecular weight excluding hydrogens is 117 g/mol. The summed E-state index contributed by atoms with van der Waals surface area (Å²) in [6, 6.07) is 0. The second kappa shape index (κ2) is 1.61. The van der Waals surface area contributed by atoms with E-state index < -0.39 is 5.63 Å². The van der Waals surface area contributed by atoms with E-state index in [2.05, 4.69) is 4.99 Å². The number of alkyl halides is 1. The molecule has 1 rings (SSSR count). The third-order valence-corrected chi connectivity index (χ3v) is 1.16. The standard InChI is InChI=1S/C3H2FNOS/c4-3-5-1-2(6)7-3/h1,3H. The highest BCUT2D eigenvalue weighted by Gasteiger charge is 2.15. The SMILES string of the molecule is O=C1C=NC(F)S1. The second-order valence-corrected chi connectivity index (χ2v) is 2.03. The zero-order chi connectivity index (χ0) is 5.28. The molecule has 2 nitrogen and oxygen atoms in total. The van der Waals surface area contributed by atoms with Crippen LogP contribution in [0.2, 0.25) is 0 Å². The van der Waals surface area contributed by atoms with E-state index in [1.807, 2.05) is 0 Å². The minimum Gasteiger partial charge on any atom is -0.280 e. The van der Waals surface area contributed by atoms with E-state index in [4.69, 9.17) is 0 Å². The number of halogens is 1. The maximum absolute atomic E-state index is 11.7. The van der Waals surface area contributed by atoms with E-state index in [0.717, 1.165) is 6.21 Å². The summed E-state index contributed by atoms with van der Waals surface area (Å²) in [6.45, 7) is 0. The molecule has 0 fully saturated rings. The maximum atomic E-state index is 11.7. The number of rotatable bonds is 0. The van der Waals surface area contributed by atoms with Crippen molar-refractivity contribution in [3.63, 3.8) is 0 Å². The van der Waals surface area contributed by atoms with Gasteiger partial charge in [-0.05, 0) is 11.8 Å². The molecular formula is C3H2FNOS. The highest BCUT2D eigenvalue weighted by molar-refractivity contribution is 8.16. The summed E-state index contributed by atoms with van der Waals surface area (Å²) in [5, 5.41) is -0.299. The van der Waals surface area contributed by atoms with Gasteiger partial charge in [-0.15, -0.1) is 0 Å². The average Bonchev–Trinajstić information content (AvgIpc) is 1.87. The molecule has 0 aromatic heterocycles. The van der Waals surface area contributed by atoms with E-state index >= 15 is 0 Å². The summed E-state index contributed by atoms with van der Waals surface area (Å²) in [6.07, 6.45) is 0.995. The van der Waals surface area contributed by atoms with Crippen LogP contribution in [0.4, 0.5) is 4.39 Å². The van der Waals surface area contributed by atoms with Crippen molar-refractivity contribution in [1.82, 2.24) is 0 Å². The first-order chi connectivity index (χ1) is 3.29. The fraction of sp³-hybridized carbons (Fsp3) is 0.333. The van der Waals surface area contributed by atoms with E-state index in [1.165, 1.54) is 0 Å². The Morgan fingerprint density at radius 1 is 2.00 bits per heavy atom. The minimum atomic E-state index is -1.34. The molecule has 0 saturated carbocycles. The number of thioether (sulfide) groups is 1. The molecule has 0 amide bonds. The first-order valence-electron chi connectivity index (χ1n) is 1.67. The lowest BCUT2D eigenvalue weighted by molar-refractivity contribution is -0.105. The van der Waals surface area contributed by atoms with Gasteiger partial charge in [0, 0.05) is 0 Å². The summed E-state index contributed by atoms with van der Waals surface area (Å²) in [4.78, 5) is 13.2. The quantitative estimate of drug-likeness (QED) is 0.436. The summed E-state index contributed by atoms with van der Waals surface area (Å²) < 4.78 is 11.7. The molecule has 1 unspecified atom stereocenters. The third-order valence-electron chi connectivity index (χ3n) is 0.511. The zero-order valence-corrected chi connectivity index (χ0v) is 4.11. The number of hydrogen-bond donors (Lipinski definition) is 0. The van der Waals surface area contributed by atoms with Gasteiger partial charge in [0.1, 0.15) is 0 Å². The molecule has 7 heavy (non-hydrogen) atoms. The normalized spacial score (nSPS) is 29.3. The summed E-state index contributed by atoms with van der Waals surface area (Å²) in [7, 11) is 0. The number of aliphatic imine (C=N–C) groups is 1. The Balaban J connectivity index is 2.58. The zero-order valence-electron chi connectivity index (χ0n) is 3.30. The fourth-order valence-corrected chi connectivity index (χ4v) is 0.711. The summed E-state index contributed by atoms with van der Waals surface area (Å²) in [5.41, 5.74) is -1.34. The van der Waals surface area contributed by atoms with Crippen LogP contribution in [-0.2, 0) is 4.79 Å². The number of hydrogen-bond acceptors (Lipinski definition) is 3. The molecule has 4 heteroatoms. The Hall–Kier alpha value is -0.380. The van der Waals surface area contributed by atoms with Crippen molar-refractivity contribution in [2.45, 2.75) is 5.63 Å². The molecule has 0 radical (unpaired) electrons. The first-order valence-corrected chi connectivity index (χ1v) is 2.55. The Labute approximate surface area is 43.8 Å². The van der Waals surface area contributed by atoms with Crippen LogP contribution < -0.4 is 0 Å². The minimum absolute atomic E-state index is 0.299. The van der Waals surface area contributed by atoms with Crippen molar-refractivity contribution in [2.24, 2.45) is 4.99 Å². The van der Waals surface area contributed by atoms with Gasteiger partial charge < -0.3 is 0 Å². The Morgan fingerprint density at radius 3 is 2.86 bits per heavy atom.